The number of methoxy groups -OCH3 is 2. The van der Waals surface area contributed by atoms with Gasteiger partial charge in [0.2, 0.25) is 5.95 Å². The number of fused-ring (bicyclic) bond motifs is 1. The van der Waals surface area contributed by atoms with E-state index in [-0.39, 0.29) is 13.0 Å². The second kappa shape index (κ2) is 9.74. The number of hydrogen-bond acceptors (Lipinski definition) is 11. The Morgan fingerprint density at radius 1 is 1.24 bits per heavy atom. The van der Waals surface area contributed by atoms with Crippen LogP contribution in [0.15, 0.2) is 18.2 Å². The summed E-state index contributed by atoms with van der Waals surface area (Å²) in [6.45, 7) is 2.63. The fourth-order valence-electron chi connectivity index (χ4n) is 4.04. The number of anilines is 2. The minimum absolute atomic E-state index is 0.204. The lowest BCUT2D eigenvalue weighted by molar-refractivity contribution is -0.0545. The van der Waals surface area contributed by atoms with Crippen LogP contribution in [0.3, 0.4) is 0 Å². The van der Waals surface area contributed by atoms with Gasteiger partial charge in [0.15, 0.2) is 5.72 Å². The van der Waals surface area contributed by atoms with Gasteiger partial charge >= 0.3 is 0 Å². The number of aromatic nitrogens is 3. The highest BCUT2D eigenvalue weighted by atomic mass is 32.1. The first-order valence-corrected chi connectivity index (χ1v) is 11.6. The lowest BCUT2D eigenvalue weighted by Gasteiger charge is -2.31. The predicted molar refractivity (Wildman–Crippen MR) is 127 cm³/mol. The molecular weight excluding hydrogens is 446 g/mol. The van der Waals surface area contributed by atoms with Crippen molar-refractivity contribution in [3.05, 3.63) is 23.9 Å². The number of nitrogens with zero attached hydrogens (tertiary/aromatic N) is 3. The zero-order valence-corrected chi connectivity index (χ0v) is 19.6. The average molecular weight is 476 g/mol. The maximum absolute atomic E-state index is 11.2. The van der Waals surface area contributed by atoms with Gasteiger partial charge in [-0.1, -0.05) is 0 Å². The van der Waals surface area contributed by atoms with Crippen LogP contribution in [-0.2, 0) is 4.74 Å². The Morgan fingerprint density at radius 3 is 2.76 bits per heavy atom. The summed E-state index contributed by atoms with van der Waals surface area (Å²) in [5.41, 5.74) is 0.447. The normalized spacial score (nSPS) is 22.6. The molecule has 0 spiro atoms. The van der Waals surface area contributed by atoms with E-state index in [1.165, 1.54) is 11.3 Å². The van der Waals surface area contributed by atoms with Gasteiger partial charge < -0.3 is 35.4 Å². The number of aliphatic hydroxyl groups is 3. The molecule has 3 unspecified atom stereocenters. The lowest BCUT2D eigenvalue weighted by Crippen LogP contribution is -2.48. The molecular formula is C22H29N5O5S. The molecule has 0 radical (unpaired) electrons. The number of aryl methyl sites for hydroxylation is 1. The summed E-state index contributed by atoms with van der Waals surface area (Å²) >= 11 is 1.48. The summed E-state index contributed by atoms with van der Waals surface area (Å²) < 4.78 is 11.4. The zero-order valence-electron chi connectivity index (χ0n) is 18.8. The number of aliphatic hydroxyl groups excluding tert-OH is 2. The molecule has 5 N–H and O–H groups in total. The Hall–Kier alpha value is -2.57. The Bertz CT molecular complexity index is 1130. The van der Waals surface area contributed by atoms with Crippen LogP contribution in [0.5, 0.6) is 5.75 Å². The van der Waals surface area contributed by atoms with Crippen molar-refractivity contribution in [2.75, 3.05) is 44.6 Å². The molecule has 3 atom stereocenters. The van der Waals surface area contributed by atoms with Crippen LogP contribution in [0.25, 0.3) is 20.8 Å². The number of nitrogens with one attached hydrogen (secondary N) is 2. The molecule has 1 saturated carbocycles. The van der Waals surface area contributed by atoms with Crippen molar-refractivity contribution in [2.24, 2.45) is 5.92 Å². The van der Waals surface area contributed by atoms with Crippen LogP contribution in [0.2, 0.25) is 0 Å². The SMILES string of the molecule is COCCNc1nc(C)c(-c2nc3cc(OC)ccc3s2)c(NC2(O)CCC(CO)C2O)n1. The van der Waals surface area contributed by atoms with E-state index < -0.39 is 17.7 Å². The topological polar surface area (TPSA) is 142 Å². The van der Waals surface area contributed by atoms with E-state index >= 15 is 0 Å². The first kappa shape index (κ1) is 23.6. The molecule has 0 aliphatic heterocycles. The molecule has 1 aliphatic carbocycles. The van der Waals surface area contributed by atoms with Gasteiger partial charge in [0.1, 0.15) is 22.7 Å². The van der Waals surface area contributed by atoms with E-state index in [0.717, 1.165) is 10.2 Å². The summed E-state index contributed by atoms with van der Waals surface area (Å²) in [6.07, 6.45) is -0.388. The Morgan fingerprint density at radius 2 is 2.06 bits per heavy atom. The maximum Gasteiger partial charge on any atom is 0.224 e. The Balaban J connectivity index is 1.77. The molecule has 10 nitrogen and oxygen atoms in total. The maximum atomic E-state index is 11.2. The first-order chi connectivity index (χ1) is 15.9. The van der Waals surface area contributed by atoms with Crippen LogP contribution in [0.4, 0.5) is 11.8 Å². The monoisotopic (exact) mass is 475 g/mol. The van der Waals surface area contributed by atoms with Crippen LogP contribution in [0, 0.1) is 12.8 Å². The van der Waals surface area contributed by atoms with Crippen molar-refractivity contribution in [3.63, 3.8) is 0 Å². The van der Waals surface area contributed by atoms with E-state index in [0.29, 0.717) is 53.4 Å². The van der Waals surface area contributed by atoms with Gasteiger partial charge in [-0.15, -0.1) is 11.3 Å². The van der Waals surface area contributed by atoms with Gasteiger partial charge in [0.05, 0.1) is 35.2 Å². The zero-order chi connectivity index (χ0) is 23.6. The quantitative estimate of drug-likeness (QED) is 0.230. The highest BCUT2D eigenvalue weighted by Gasteiger charge is 2.47. The highest BCUT2D eigenvalue weighted by Crippen LogP contribution is 2.41. The molecule has 0 saturated heterocycles. The van der Waals surface area contributed by atoms with Gasteiger partial charge in [0.25, 0.3) is 0 Å². The number of benzene rings is 1. The van der Waals surface area contributed by atoms with Gasteiger partial charge in [-0.2, -0.15) is 4.98 Å². The minimum Gasteiger partial charge on any atom is -0.497 e. The second-order valence-electron chi connectivity index (χ2n) is 8.10. The fraction of sp³-hybridized carbons (Fsp3) is 0.500. The molecule has 1 fully saturated rings. The number of thiazole rings is 1. The van der Waals surface area contributed by atoms with E-state index in [1.807, 2.05) is 25.1 Å². The summed E-state index contributed by atoms with van der Waals surface area (Å²) in [5, 5.41) is 38.2. The lowest BCUT2D eigenvalue weighted by atomic mass is 10.0. The summed E-state index contributed by atoms with van der Waals surface area (Å²) in [6, 6.07) is 5.68. The third kappa shape index (κ3) is 4.73. The molecule has 0 bridgehead atoms. The standard InChI is InChI=1S/C22H29N5O5S/c1-12-17(20-25-15-10-14(32-3)4-5-16(15)33-20)19(26-21(24-12)23-8-9-31-2)27-22(30)7-6-13(11-28)18(22)29/h4-5,10,13,18,28-30H,6-9,11H2,1-3H3,(H2,23,24,26,27). The van der Waals surface area contributed by atoms with E-state index in [2.05, 4.69) is 20.6 Å². The molecule has 3 aromatic rings. The van der Waals surface area contributed by atoms with Crippen molar-refractivity contribution in [3.8, 4) is 16.3 Å². The van der Waals surface area contributed by atoms with Gasteiger partial charge in [0, 0.05) is 32.2 Å². The Kier molecular flexibility index (Phi) is 6.96. The molecule has 2 heterocycles. The Labute approximate surface area is 195 Å². The number of rotatable bonds is 9. The molecule has 1 aromatic carbocycles. The van der Waals surface area contributed by atoms with Crippen LogP contribution in [0.1, 0.15) is 18.5 Å². The van der Waals surface area contributed by atoms with Gasteiger partial charge in [-0.05, 0) is 31.9 Å². The molecule has 33 heavy (non-hydrogen) atoms. The van der Waals surface area contributed by atoms with E-state index in [9.17, 15) is 15.3 Å². The van der Waals surface area contributed by atoms with Crippen LogP contribution >= 0.6 is 11.3 Å². The van der Waals surface area contributed by atoms with Crippen molar-refractivity contribution in [1.82, 2.24) is 15.0 Å². The molecule has 0 amide bonds. The van der Waals surface area contributed by atoms with Crippen molar-refractivity contribution in [1.29, 1.82) is 0 Å². The molecule has 1 aliphatic rings. The minimum atomic E-state index is -1.63. The van der Waals surface area contributed by atoms with Crippen molar-refractivity contribution < 1.29 is 24.8 Å². The van der Waals surface area contributed by atoms with Crippen molar-refractivity contribution in [2.45, 2.75) is 31.6 Å². The van der Waals surface area contributed by atoms with Crippen LogP contribution < -0.4 is 15.4 Å². The second-order valence-corrected chi connectivity index (χ2v) is 9.13. The third-order valence-corrected chi connectivity index (χ3v) is 6.94. The first-order valence-electron chi connectivity index (χ1n) is 10.7. The van der Waals surface area contributed by atoms with Gasteiger partial charge in [-0.3, -0.25) is 0 Å². The molecule has 11 heteroatoms. The summed E-state index contributed by atoms with van der Waals surface area (Å²) in [5.74, 6) is 1.02. The third-order valence-electron chi connectivity index (χ3n) is 5.89. The van der Waals surface area contributed by atoms with Crippen LogP contribution in [-0.4, -0.2) is 76.1 Å². The number of ether oxygens (including phenoxy) is 2. The molecule has 2 aromatic heterocycles. The van der Waals surface area contributed by atoms with E-state index in [1.54, 1.807) is 14.2 Å². The summed E-state index contributed by atoms with van der Waals surface area (Å²) in [4.78, 5) is 13.9. The average Bonchev–Trinajstić information content (AvgIpc) is 3.33. The summed E-state index contributed by atoms with van der Waals surface area (Å²) in [7, 11) is 3.22. The molecule has 4 rings (SSSR count). The number of hydrogen-bond donors (Lipinski definition) is 5. The fourth-order valence-corrected chi connectivity index (χ4v) is 5.08. The van der Waals surface area contributed by atoms with Gasteiger partial charge in [-0.25, -0.2) is 9.97 Å². The van der Waals surface area contributed by atoms with Crippen molar-refractivity contribution >= 4 is 33.3 Å². The highest BCUT2D eigenvalue weighted by molar-refractivity contribution is 7.21. The van der Waals surface area contributed by atoms with E-state index in [4.69, 9.17) is 14.5 Å². The molecule has 178 valence electrons. The predicted octanol–water partition coefficient (Wildman–Crippen LogP) is 1.99. The largest absolute Gasteiger partial charge is 0.497 e. The smallest absolute Gasteiger partial charge is 0.224 e.